The van der Waals surface area contributed by atoms with Crippen LogP contribution in [0.5, 0.6) is 0 Å². The van der Waals surface area contributed by atoms with Gasteiger partial charge in [-0.15, -0.1) is 0 Å². The van der Waals surface area contributed by atoms with E-state index < -0.39 is 23.8 Å². The molecular weight excluding hydrogens is 426 g/mol. The van der Waals surface area contributed by atoms with Gasteiger partial charge in [0.2, 0.25) is 0 Å². The highest BCUT2D eigenvalue weighted by Crippen LogP contribution is 2.45. The Morgan fingerprint density at radius 2 is 1.88 bits per heavy atom. The summed E-state index contributed by atoms with van der Waals surface area (Å²) in [4.78, 5) is 39.2. The number of aryl methyl sites for hydroxylation is 1. The van der Waals surface area contributed by atoms with E-state index in [1.165, 1.54) is 7.11 Å². The van der Waals surface area contributed by atoms with Crippen molar-refractivity contribution in [3.63, 3.8) is 0 Å². The van der Waals surface area contributed by atoms with Crippen molar-refractivity contribution in [2.45, 2.75) is 40.0 Å². The number of carbonyl (C=O) groups is 3. The fraction of sp³-hybridized carbons (Fsp3) is 0.480. The molecule has 0 unspecified atom stereocenters. The molecule has 0 bridgehead atoms. The third kappa shape index (κ3) is 4.77. The van der Waals surface area contributed by atoms with Gasteiger partial charge in [0.25, 0.3) is 0 Å². The number of ether oxygens (including phenoxy) is 2. The second kappa shape index (κ2) is 10.4. The van der Waals surface area contributed by atoms with Crippen molar-refractivity contribution >= 4 is 29.5 Å². The maximum absolute atomic E-state index is 13.6. The van der Waals surface area contributed by atoms with Crippen LogP contribution in [0, 0.1) is 18.8 Å². The number of esters is 2. The first-order valence-electron chi connectivity index (χ1n) is 10.9. The Kier molecular flexibility index (Phi) is 7.82. The maximum Gasteiger partial charge on any atom is 0.336 e. The average molecular weight is 458 g/mol. The Morgan fingerprint density at radius 3 is 2.50 bits per heavy atom. The molecule has 32 heavy (non-hydrogen) atoms. The molecule has 2 aliphatic rings. The van der Waals surface area contributed by atoms with E-state index in [2.05, 4.69) is 12.2 Å². The van der Waals surface area contributed by atoms with Crippen LogP contribution in [-0.4, -0.2) is 42.9 Å². The number of Topliss-reactive ketones (excluding diaryl/α,β-unsaturated/α-hetero) is 1. The molecule has 6 nitrogen and oxygen atoms in total. The number of ketones is 1. The largest absolute Gasteiger partial charge is 0.468 e. The van der Waals surface area contributed by atoms with Crippen LogP contribution >= 0.6 is 11.8 Å². The van der Waals surface area contributed by atoms with E-state index in [-0.39, 0.29) is 11.7 Å². The highest BCUT2D eigenvalue weighted by atomic mass is 32.2. The molecule has 0 fully saturated rings. The van der Waals surface area contributed by atoms with Gasteiger partial charge in [-0.3, -0.25) is 9.59 Å². The molecule has 172 valence electrons. The van der Waals surface area contributed by atoms with Crippen molar-refractivity contribution in [3.05, 3.63) is 57.9 Å². The molecule has 0 saturated heterocycles. The molecule has 1 aliphatic carbocycles. The summed E-state index contributed by atoms with van der Waals surface area (Å²) in [6, 6.07) is 7.78. The highest BCUT2D eigenvalue weighted by Gasteiger charge is 2.47. The minimum atomic E-state index is -0.884. The van der Waals surface area contributed by atoms with E-state index in [1.54, 1.807) is 11.8 Å². The van der Waals surface area contributed by atoms with Crippen LogP contribution in [-0.2, 0) is 23.9 Å². The molecule has 1 aromatic rings. The zero-order valence-electron chi connectivity index (χ0n) is 19.3. The second-order valence-electron chi connectivity index (χ2n) is 8.28. The van der Waals surface area contributed by atoms with Gasteiger partial charge in [-0.25, -0.2) is 4.79 Å². The molecule has 0 saturated carbocycles. The molecule has 3 rings (SSSR count). The van der Waals surface area contributed by atoms with E-state index in [9.17, 15) is 14.4 Å². The Bertz CT molecular complexity index is 963. The second-order valence-corrected chi connectivity index (χ2v) is 9.67. The predicted octanol–water partition coefficient (Wildman–Crippen LogP) is 3.90. The molecule has 1 aromatic carbocycles. The number of benzene rings is 1. The van der Waals surface area contributed by atoms with Gasteiger partial charge in [-0.05, 0) is 37.5 Å². The van der Waals surface area contributed by atoms with Gasteiger partial charge < -0.3 is 14.8 Å². The van der Waals surface area contributed by atoms with E-state index in [1.807, 2.05) is 45.0 Å². The van der Waals surface area contributed by atoms with E-state index >= 15 is 0 Å². The molecule has 1 heterocycles. The summed E-state index contributed by atoms with van der Waals surface area (Å²) in [5, 5.41) is 3.28. The first-order valence-corrected chi connectivity index (χ1v) is 12.1. The summed E-state index contributed by atoms with van der Waals surface area (Å²) in [5.74, 6) is -1.28. The summed E-state index contributed by atoms with van der Waals surface area (Å²) >= 11 is 1.70. The minimum Gasteiger partial charge on any atom is -0.468 e. The van der Waals surface area contributed by atoms with E-state index in [0.717, 1.165) is 22.6 Å². The Morgan fingerprint density at radius 1 is 1.19 bits per heavy atom. The summed E-state index contributed by atoms with van der Waals surface area (Å²) < 4.78 is 10.5. The Hall–Kier alpha value is -2.54. The van der Waals surface area contributed by atoms with Crippen molar-refractivity contribution in [3.8, 4) is 0 Å². The number of carbonyl (C=O) groups excluding carboxylic acids is 3. The molecule has 0 aromatic heterocycles. The minimum absolute atomic E-state index is 0.202. The van der Waals surface area contributed by atoms with Crippen LogP contribution in [0.25, 0.3) is 0 Å². The number of nitrogens with one attached hydrogen (secondary N) is 1. The summed E-state index contributed by atoms with van der Waals surface area (Å²) in [7, 11) is 1.30. The Labute approximate surface area is 193 Å². The molecule has 3 atom stereocenters. The number of allylic oxidation sites excluding steroid dienone is 3. The molecule has 1 aliphatic heterocycles. The first kappa shape index (κ1) is 24.1. The average Bonchev–Trinajstić information content (AvgIpc) is 2.76. The van der Waals surface area contributed by atoms with E-state index in [4.69, 9.17) is 9.47 Å². The molecule has 1 N–H and O–H groups in total. The van der Waals surface area contributed by atoms with Gasteiger partial charge in [0, 0.05) is 28.6 Å². The molecule has 0 spiro atoms. The summed E-state index contributed by atoms with van der Waals surface area (Å²) in [5.41, 5.74) is 4.23. The number of hydrogen-bond donors (Lipinski definition) is 1. The van der Waals surface area contributed by atoms with Crippen molar-refractivity contribution in [1.29, 1.82) is 0 Å². The summed E-state index contributed by atoms with van der Waals surface area (Å²) in [6.45, 7) is 8.05. The number of dihydropyridines is 1. The van der Waals surface area contributed by atoms with Crippen LogP contribution in [0.4, 0.5) is 0 Å². The third-order valence-electron chi connectivity index (χ3n) is 6.04. The molecule has 0 amide bonds. The zero-order valence-corrected chi connectivity index (χ0v) is 20.1. The predicted molar refractivity (Wildman–Crippen MR) is 125 cm³/mol. The van der Waals surface area contributed by atoms with Crippen molar-refractivity contribution in [1.82, 2.24) is 5.32 Å². The smallest absolute Gasteiger partial charge is 0.336 e. The SMILES string of the molecule is CCSCCOC(=O)C1=C(C)NC2=C(C(=O)[C@H](C(=O)OC)[C@@H](C)C2)[C@@H]1c1ccc(C)cc1. The van der Waals surface area contributed by atoms with Crippen molar-refractivity contribution in [2.75, 3.05) is 25.2 Å². The van der Waals surface area contributed by atoms with Crippen molar-refractivity contribution < 1.29 is 23.9 Å². The van der Waals surface area contributed by atoms with Crippen LogP contribution in [0.1, 0.15) is 44.2 Å². The van der Waals surface area contributed by atoms with Gasteiger partial charge in [-0.1, -0.05) is 43.7 Å². The van der Waals surface area contributed by atoms with Gasteiger partial charge >= 0.3 is 11.9 Å². The quantitative estimate of drug-likeness (QED) is 0.378. The lowest BCUT2D eigenvalue weighted by Crippen LogP contribution is -2.43. The maximum atomic E-state index is 13.6. The topological polar surface area (TPSA) is 81.7 Å². The van der Waals surface area contributed by atoms with Gasteiger partial charge in [-0.2, -0.15) is 11.8 Å². The van der Waals surface area contributed by atoms with Crippen LogP contribution < -0.4 is 5.32 Å². The highest BCUT2D eigenvalue weighted by molar-refractivity contribution is 7.99. The number of methoxy groups -OCH3 is 1. The number of hydrogen-bond acceptors (Lipinski definition) is 7. The Balaban J connectivity index is 2.06. The summed E-state index contributed by atoms with van der Waals surface area (Å²) in [6.07, 6.45) is 0.524. The van der Waals surface area contributed by atoms with Crippen molar-refractivity contribution in [2.24, 2.45) is 11.8 Å². The lowest BCUT2D eigenvalue weighted by Gasteiger charge is -2.38. The van der Waals surface area contributed by atoms with Gasteiger partial charge in [0.15, 0.2) is 5.78 Å². The number of rotatable bonds is 7. The van der Waals surface area contributed by atoms with Crippen LogP contribution in [0.3, 0.4) is 0 Å². The first-order chi connectivity index (χ1) is 15.3. The molecular formula is C25H31NO5S. The van der Waals surface area contributed by atoms with Gasteiger partial charge in [0.1, 0.15) is 12.5 Å². The third-order valence-corrected chi connectivity index (χ3v) is 6.90. The van der Waals surface area contributed by atoms with Crippen LogP contribution in [0.15, 0.2) is 46.8 Å². The normalized spacial score (nSPS) is 22.9. The fourth-order valence-corrected chi connectivity index (χ4v) is 4.95. The van der Waals surface area contributed by atoms with Gasteiger partial charge in [0.05, 0.1) is 12.7 Å². The fourth-order valence-electron chi connectivity index (χ4n) is 4.46. The lowest BCUT2D eigenvalue weighted by molar-refractivity contribution is -0.151. The standard InChI is InChI=1S/C25H31NO5S/c1-6-32-12-11-31-25(29)20-16(4)26-18-13-15(3)19(24(28)30-5)23(27)22(18)21(20)17-9-7-14(2)8-10-17/h7-10,15,19,21,26H,6,11-13H2,1-5H3/t15-,19+,21+/m0/s1. The number of thioether (sulfide) groups is 1. The molecule has 0 radical (unpaired) electrons. The molecule has 7 heteroatoms. The lowest BCUT2D eigenvalue weighted by atomic mass is 9.69. The van der Waals surface area contributed by atoms with Crippen LogP contribution in [0.2, 0.25) is 0 Å². The zero-order chi connectivity index (χ0) is 23.4. The monoisotopic (exact) mass is 457 g/mol. The van der Waals surface area contributed by atoms with E-state index in [0.29, 0.717) is 35.6 Å².